The van der Waals surface area contributed by atoms with Gasteiger partial charge in [-0.1, -0.05) is 18.2 Å². The number of ether oxygens (including phenoxy) is 1. The first kappa shape index (κ1) is 15.0. The van der Waals surface area contributed by atoms with Crippen LogP contribution in [0.2, 0.25) is 0 Å². The Morgan fingerprint density at radius 1 is 1.25 bits per heavy atom. The Morgan fingerprint density at radius 2 is 2.08 bits per heavy atom. The van der Waals surface area contributed by atoms with Gasteiger partial charge in [0.15, 0.2) is 6.10 Å². The molecular formula is C19H21N3O2. The van der Waals surface area contributed by atoms with Gasteiger partial charge in [0, 0.05) is 32.3 Å². The molecule has 1 saturated heterocycles. The number of nitrogens with one attached hydrogen (secondary N) is 1. The highest BCUT2D eigenvalue weighted by Crippen LogP contribution is 2.28. The number of pyridine rings is 1. The predicted octanol–water partition coefficient (Wildman–Crippen LogP) is 2.30. The summed E-state index contributed by atoms with van der Waals surface area (Å²) in [5.41, 5.74) is 2.16. The lowest BCUT2D eigenvalue weighted by molar-refractivity contribution is -0.127. The first-order valence-corrected chi connectivity index (χ1v) is 8.52. The average molecular weight is 323 g/mol. The number of carbonyl (C=O) groups is 1. The van der Waals surface area contributed by atoms with Crippen molar-refractivity contribution in [1.82, 2.24) is 10.3 Å². The minimum Gasteiger partial charge on any atom is -0.480 e. The average Bonchev–Trinajstić information content (AvgIpc) is 3.29. The Morgan fingerprint density at radius 3 is 2.92 bits per heavy atom. The van der Waals surface area contributed by atoms with E-state index in [0.717, 1.165) is 35.8 Å². The van der Waals surface area contributed by atoms with E-state index >= 15 is 0 Å². The van der Waals surface area contributed by atoms with Gasteiger partial charge in [-0.3, -0.25) is 4.79 Å². The largest absolute Gasteiger partial charge is 0.480 e. The van der Waals surface area contributed by atoms with Gasteiger partial charge >= 0.3 is 0 Å². The molecule has 0 bridgehead atoms. The molecule has 5 nitrogen and oxygen atoms in total. The van der Waals surface area contributed by atoms with Crippen LogP contribution >= 0.6 is 0 Å². The summed E-state index contributed by atoms with van der Waals surface area (Å²) in [6.45, 7) is 2.63. The van der Waals surface area contributed by atoms with E-state index in [2.05, 4.69) is 21.3 Å². The second-order valence-corrected chi connectivity index (χ2v) is 6.35. The van der Waals surface area contributed by atoms with Crippen molar-refractivity contribution in [2.24, 2.45) is 0 Å². The zero-order valence-corrected chi connectivity index (χ0v) is 13.6. The SMILES string of the molecule is O=C(NCc1ccnc(N2CCCC2)c1)C1Cc2ccccc2O1. The lowest BCUT2D eigenvalue weighted by atomic mass is 10.1. The topological polar surface area (TPSA) is 54.5 Å². The van der Waals surface area contributed by atoms with Crippen LogP contribution in [-0.4, -0.2) is 30.1 Å². The van der Waals surface area contributed by atoms with Gasteiger partial charge in [-0.05, 0) is 42.2 Å². The summed E-state index contributed by atoms with van der Waals surface area (Å²) < 4.78 is 5.73. The predicted molar refractivity (Wildman–Crippen MR) is 92.1 cm³/mol. The van der Waals surface area contributed by atoms with Crippen LogP contribution in [0.25, 0.3) is 0 Å². The van der Waals surface area contributed by atoms with Crippen LogP contribution in [0.1, 0.15) is 24.0 Å². The van der Waals surface area contributed by atoms with Crippen molar-refractivity contribution >= 4 is 11.7 Å². The molecule has 1 N–H and O–H groups in total. The smallest absolute Gasteiger partial charge is 0.261 e. The molecule has 1 aromatic heterocycles. The zero-order chi connectivity index (χ0) is 16.4. The first-order valence-electron chi connectivity index (χ1n) is 8.52. The number of nitrogens with zero attached hydrogens (tertiary/aromatic N) is 2. The monoisotopic (exact) mass is 323 g/mol. The molecule has 2 aliphatic heterocycles. The molecule has 24 heavy (non-hydrogen) atoms. The van der Waals surface area contributed by atoms with Gasteiger partial charge < -0.3 is 15.0 Å². The van der Waals surface area contributed by atoms with Crippen molar-refractivity contribution in [1.29, 1.82) is 0 Å². The molecule has 4 rings (SSSR count). The lowest BCUT2D eigenvalue weighted by Gasteiger charge is -2.17. The van der Waals surface area contributed by atoms with E-state index < -0.39 is 6.10 Å². The maximum Gasteiger partial charge on any atom is 0.261 e. The lowest BCUT2D eigenvalue weighted by Crippen LogP contribution is -2.37. The van der Waals surface area contributed by atoms with Gasteiger partial charge in [0.25, 0.3) is 5.91 Å². The number of hydrogen-bond acceptors (Lipinski definition) is 4. The Labute approximate surface area is 141 Å². The van der Waals surface area contributed by atoms with E-state index in [1.54, 1.807) is 0 Å². The molecule has 1 atom stereocenters. The Bertz CT molecular complexity index is 716. The van der Waals surface area contributed by atoms with E-state index in [4.69, 9.17) is 4.74 Å². The normalized spacial score (nSPS) is 19.0. The molecule has 1 fully saturated rings. The van der Waals surface area contributed by atoms with E-state index in [1.165, 1.54) is 12.8 Å². The highest BCUT2D eigenvalue weighted by Gasteiger charge is 2.28. The number of hydrogen-bond donors (Lipinski definition) is 1. The van der Waals surface area contributed by atoms with E-state index in [0.29, 0.717) is 13.0 Å². The Hall–Kier alpha value is -2.56. The number of benzene rings is 1. The fourth-order valence-corrected chi connectivity index (χ4v) is 3.32. The van der Waals surface area contributed by atoms with Crippen LogP contribution < -0.4 is 15.0 Å². The quantitative estimate of drug-likeness (QED) is 0.938. The maximum atomic E-state index is 12.4. The van der Waals surface area contributed by atoms with E-state index in [9.17, 15) is 4.79 Å². The second kappa shape index (κ2) is 6.51. The molecule has 1 amide bonds. The molecule has 5 heteroatoms. The molecular weight excluding hydrogens is 302 g/mol. The van der Waals surface area contributed by atoms with E-state index in [1.807, 2.05) is 36.5 Å². The molecule has 2 aliphatic rings. The third-order valence-electron chi connectivity index (χ3n) is 4.65. The van der Waals surface area contributed by atoms with Gasteiger partial charge in [-0.2, -0.15) is 0 Å². The van der Waals surface area contributed by atoms with E-state index in [-0.39, 0.29) is 5.91 Å². The minimum absolute atomic E-state index is 0.0641. The number of carbonyl (C=O) groups excluding carboxylic acids is 1. The van der Waals surface area contributed by atoms with Crippen LogP contribution in [0.4, 0.5) is 5.82 Å². The van der Waals surface area contributed by atoms with Gasteiger partial charge in [0.1, 0.15) is 11.6 Å². The van der Waals surface area contributed by atoms with Crippen LogP contribution in [0, 0.1) is 0 Å². The van der Waals surface area contributed by atoms with Gasteiger partial charge in [-0.15, -0.1) is 0 Å². The molecule has 3 heterocycles. The molecule has 1 aromatic carbocycles. The van der Waals surface area contributed by atoms with Crippen molar-refractivity contribution < 1.29 is 9.53 Å². The minimum atomic E-state index is -0.428. The summed E-state index contributed by atoms with van der Waals surface area (Å²) in [5.74, 6) is 1.76. The molecule has 0 spiro atoms. The van der Waals surface area contributed by atoms with Gasteiger partial charge in [0.2, 0.25) is 0 Å². The number of fused-ring (bicyclic) bond motifs is 1. The van der Waals surface area contributed by atoms with Crippen molar-refractivity contribution in [2.75, 3.05) is 18.0 Å². The van der Waals surface area contributed by atoms with Crippen LogP contribution in [-0.2, 0) is 17.8 Å². The highest BCUT2D eigenvalue weighted by molar-refractivity contribution is 5.82. The van der Waals surface area contributed by atoms with Crippen molar-refractivity contribution in [3.63, 3.8) is 0 Å². The molecule has 0 saturated carbocycles. The fraction of sp³-hybridized carbons (Fsp3) is 0.368. The third-order valence-corrected chi connectivity index (χ3v) is 4.65. The summed E-state index contributed by atoms with van der Waals surface area (Å²) in [4.78, 5) is 19.1. The molecule has 0 radical (unpaired) electrons. The van der Waals surface area contributed by atoms with Gasteiger partial charge in [0.05, 0.1) is 0 Å². The molecule has 1 unspecified atom stereocenters. The Balaban J connectivity index is 1.35. The number of para-hydroxylation sites is 1. The number of rotatable bonds is 4. The summed E-state index contributed by atoms with van der Waals surface area (Å²) >= 11 is 0. The zero-order valence-electron chi connectivity index (χ0n) is 13.6. The number of anilines is 1. The van der Waals surface area contributed by atoms with Crippen LogP contribution in [0.3, 0.4) is 0 Å². The van der Waals surface area contributed by atoms with Crippen LogP contribution in [0.15, 0.2) is 42.6 Å². The Kier molecular flexibility index (Phi) is 4.07. The van der Waals surface area contributed by atoms with Crippen molar-refractivity contribution in [2.45, 2.75) is 31.9 Å². The van der Waals surface area contributed by atoms with Crippen molar-refractivity contribution in [3.05, 3.63) is 53.7 Å². The van der Waals surface area contributed by atoms with Gasteiger partial charge in [-0.25, -0.2) is 4.98 Å². The molecule has 0 aliphatic carbocycles. The molecule has 2 aromatic rings. The first-order chi connectivity index (χ1) is 11.8. The molecule has 124 valence electrons. The van der Waals surface area contributed by atoms with Crippen LogP contribution in [0.5, 0.6) is 5.75 Å². The second-order valence-electron chi connectivity index (χ2n) is 6.35. The number of amides is 1. The summed E-state index contributed by atoms with van der Waals surface area (Å²) in [5, 5.41) is 2.98. The highest BCUT2D eigenvalue weighted by atomic mass is 16.5. The third kappa shape index (κ3) is 3.07. The summed E-state index contributed by atoms with van der Waals surface area (Å²) in [6, 6.07) is 11.8. The van der Waals surface area contributed by atoms with Crippen molar-refractivity contribution in [3.8, 4) is 5.75 Å². The summed E-state index contributed by atoms with van der Waals surface area (Å²) in [6.07, 6.45) is 4.47. The summed E-state index contributed by atoms with van der Waals surface area (Å²) in [7, 11) is 0. The fourth-order valence-electron chi connectivity index (χ4n) is 3.32. The standard InChI is InChI=1S/C19H21N3O2/c23-19(17-12-15-5-1-2-6-16(15)24-17)21-13-14-7-8-20-18(11-14)22-9-3-4-10-22/h1-2,5-8,11,17H,3-4,9-10,12-13H2,(H,21,23). The maximum absolute atomic E-state index is 12.4. The number of aromatic nitrogens is 1.